The van der Waals surface area contributed by atoms with Crippen molar-refractivity contribution >= 4 is 22.4 Å². The lowest BCUT2D eigenvalue weighted by molar-refractivity contribution is 0.344. The number of hydrogen-bond donors (Lipinski definition) is 2. The normalized spacial score (nSPS) is 14.6. The molecule has 0 aliphatic rings. The molecule has 0 saturated heterocycles. The number of hydrogen-bond acceptors (Lipinski definition) is 3. The summed E-state index contributed by atoms with van der Waals surface area (Å²) in [6.45, 7) is 7.55. The topological polar surface area (TPSA) is 72.2 Å². The average molecular weight is 339 g/mol. The fourth-order valence-corrected chi connectivity index (χ4v) is 3.76. The van der Waals surface area contributed by atoms with E-state index in [0.717, 1.165) is 0 Å². The zero-order chi connectivity index (χ0) is 15.6. The Bertz CT molecular complexity index is 578. The van der Waals surface area contributed by atoms with E-state index in [9.17, 15) is 12.8 Å². The van der Waals surface area contributed by atoms with Gasteiger partial charge in [-0.3, -0.25) is 0 Å². The van der Waals surface area contributed by atoms with Crippen LogP contribution < -0.4 is 10.5 Å². The minimum atomic E-state index is -3.93. The Kier molecular flexibility index (Phi) is 7.29. The second-order valence-electron chi connectivity index (χ2n) is 5.90. The monoisotopic (exact) mass is 338 g/mol. The standard InChI is InChI=1S/C14H23FN2O2S.ClH/c1-10(2)8-14(4,9-16)17-20(18,19)13-6-5-11(3)7-12(13)15;/h5-7,10,17H,8-9,16H2,1-4H3;1H. The molecule has 7 heteroatoms. The Morgan fingerprint density at radius 2 is 1.95 bits per heavy atom. The van der Waals surface area contributed by atoms with Crippen molar-refractivity contribution in [2.75, 3.05) is 6.54 Å². The number of halogens is 2. The molecule has 0 amide bonds. The highest BCUT2D eigenvalue weighted by Gasteiger charge is 2.31. The third-order valence-electron chi connectivity index (χ3n) is 3.07. The summed E-state index contributed by atoms with van der Waals surface area (Å²) in [5.74, 6) is -0.476. The van der Waals surface area contributed by atoms with E-state index in [4.69, 9.17) is 5.73 Å². The quantitative estimate of drug-likeness (QED) is 0.837. The van der Waals surface area contributed by atoms with E-state index in [-0.39, 0.29) is 29.8 Å². The number of sulfonamides is 1. The molecule has 0 radical (unpaired) electrons. The van der Waals surface area contributed by atoms with E-state index >= 15 is 0 Å². The van der Waals surface area contributed by atoms with Crippen LogP contribution >= 0.6 is 12.4 Å². The Morgan fingerprint density at radius 3 is 2.38 bits per heavy atom. The fourth-order valence-electron chi connectivity index (χ4n) is 2.27. The van der Waals surface area contributed by atoms with Gasteiger partial charge >= 0.3 is 0 Å². The number of nitrogens with one attached hydrogen (secondary N) is 1. The van der Waals surface area contributed by atoms with E-state index in [2.05, 4.69) is 4.72 Å². The summed E-state index contributed by atoms with van der Waals surface area (Å²) < 4.78 is 41.0. The minimum Gasteiger partial charge on any atom is -0.329 e. The molecule has 1 aromatic rings. The van der Waals surface area contributed by atoms with Crippen molar-refractivity contribution in [2.24, 2.45) is 11.7 Å². The Morgan fingerprint density at radius 1 is 1.38 bits per heavy atom. The molecule has 0 aliphatic carbocycles. The molecule has 1 atom stereocenters. The van der Waals surface area contributed by atoms with Crippen LogP contribution in [0.3, 0.4) is 0 Å². The third-order valence-corrected chi connectivity index (χ3v) is 4.74. The van der Waals surface area contributed by atoms with Crippen molar-refractivity contribution in [2.45, 2.75) is 44.6 Å². The minimum absolute atomic E-state index is 0. The summed E-state index contributed by atoms with van der Waals surface area (Å²) in [5.41, 5.74) is 5.57. The summed E-state index contributed by atoms with van der Waals surface area (Å²) in [6, 6.07) is 4.05. The maximum atomic E-state index is 13.8. The molecule has 1 unspecified atom stereocenters. The zero-order valence-electron chi connectivity index (χ0n) is 12.8. The van der Waals surface area contributed by atoms with Crippen LogP contribution in [-0.2, 0) is 10.0 Å². The number of aryl methyl sites for hydroxylation is 1. The van der Waals surface area contributed by atoms with E-state index in [0.29, 0.717) is 12.0 Å². The van der Waals surface area contributed by atoms with E-state index in [1.54, 1.807) is 19.9 Å². The van der Waals surface area contributed by atoms with Crippen molar-refractivity contribution in [1.29, 1.82) is 0 Å². The van der Waals surface area contributed by atoms with Gasteiger partial charge in [0.05, 0.1) is 0 Å². The molecule has 0 aromatic heterocycles. The van der Waals surface area contributed by atoms with Crippen LogP contribution in [0.25, 0.3) is 0 Å². The first-order valence-electron chi connectivity index (χ1n) is 6.60. The van der Waals surface area contributed by atoms with Crippen molar-refractivity contribution in [3.8, 4) is 0 Å². The maximum Gasteiger partial charge on any atom is 0.244 e. The molecule has 0 heterocycles. The van der Waals surface area contributed by atoms with Gasteiger partial charge in [0.2, 0.25) is 10.0 Å². The number of nitrogens with two attached hydrogens (primary N) is 1. The van der Waals surface area contributed by atoms with Crippen molar-refractivity contribution in [1.82, 2.24) is 4.72 Å². The van der Waals surface area contributed by atoms with Crippen molar-refractivity contribution < 1.29 is 12.8 Å². The predicted octanol–water partition coefficient (Wildman–Crippen LogP) is 2.60. The van der Waals surface area contributed by atoms with Gasteiger partial charge < -0.3 is 5.73 Å². The van der Waals surface area contributed by atoms with Gasteiger partial charge in [-0.05, 0) is 43.9 Å². The lowest BCUT2D eigenvalue weighted by Crippen LogP contribution is -2.52. The van der Waals surface area contributed by atoms with Crippen molar-refractivity contribution in [3.63, 3.8) is 0 Å². The lowest BCUT2D eigenvalue weighted by atomic mass is 9.92. The van der Waals surface area contributed by atoms with Gasteiger partial charge in [-0.15, -0.1) is 12.4 Å². The van der Waals surface area contributed by atoms with Gasteiger partial charge in [0.15, 0.2) is 0 Å². The first kappa shape index (κ1) is 20.3. The first-order chi connectivity index (χ1) is 9.09. The van der Waals surface area contributed by atoms with Crippen LogP contribution in [-0.4, -0.2) is 20.5 Å². The van der Waals surface area contributed by atoms with Crippen LogP contribution in [0.5, 0.6) is 0 Å². The smallest absolute Gasteiger partial charge is 0.244 e. The Labute approximate surface area is 132 Å². The van der Waals surface area contributed by atoms with Gasteiger partial charge in [0.25, 0.3) is 0 Å². The summed E-state index contributed by atoms with van der Waals surface area (Å²) in [7, 11) is -3.93. The second kappa shape index (κ2) is 7.54. The molecule has 4 nitrogen and oxygen atoms in total. The molecular formula is C14H24ClFN2O2S. The molecule has 0 fully saturated rings. The molecule has 1 aromatic carbocycles. The average Bonchev–Trinajstić information content (AvgIpc) is 2.26. The summed E-state index contributed by atoms with van der Waals surface area (Å²) in [5, 5.41) is 0. The van der Waals surface area contributed by atoms with Gasteiger partial charge in [0.1, 0.15) is 10.7 Å². The van der Waals surface area contributed by atoms with Crippen LogP contribution in [0, 0.1) is 18.7 Å². The highest BCUT2D eigenvalue weighted by Crippen LogP contribution is 2.21. The Balaban J connectivity index is 0.00000400. The van der Waals surface area contributed by atoms with Gasteiger partial charge in [-0.1, -0.05) is 19.9 Å². The van der Waals surface area contributed by atoms with Gasteiger partial charge in [-0.2, -0.15) is 0 Å². The van der Waals surface area contributed by atoms with E-state index in [1.807, 2.05) is 13.8 Å². The SMILES string of the molecule is Cc1ccc(S(=O)(=O)NC(C)(CN)CC(C)C)c(F)c1.Cl. The molecule has 0 aliphatic heterocycles. The van der Waals surface area contributed by atoms with Crippen LogP contribution in [0.4, 0.5) is 4.39 Å². The van der Waals surface area contributed by atoms with Crippen LogP contribution in [0.2, 0.25) is 0 Å². The molecule has 122 valence electrons. The fraction of sp³-hybridized carbons (Fsp3) is 0.571. The summed E-state index contributed by atoms with van der Waals surface area (Å²) >= 11 is 0. The predicted molar refractivity (Wildman–Crippen MR) is 85.6 cm³/mol. The van der Waals surface area contributed by atoms with Crippen LogP contribution in [0.1, 0.15) is 32.8 Å². The second-order valence-corrected chi connectivity index (χ2v) is 7.55. The van der Waals surface area contributed by atoms with Crippen molar-refractivity contribution in [3.05, 3.63) is 29.6 Å². The third kappa shape index (κ3) is 5.54. The Hall–Kier alpha value is -0.690. The first-order valence-corrected chi connectivity index (χ1v) is 8.08. The molecule has 21 heavy (non-hydrogen) atoms. The molecule has 0 bridgehead atoms. The molecule has 1 rings (SSSR count). The molecule has 0 spiro atoms. The summed E-state index contributed by atoms with van der Waals surface area (Å²) in [4.78, 5) is -0.341. The highest BCUT2D eigenvalue weighted by atomic mass is 35.5. The molecule has 3 N–H and O–H groups in total. The van der Waals surface area contributed by atoms with E-state index in [1.165, 1.54) is 12.1 Å². The van der Waals surface area contributed by atoms with E-state index < -0.39 is 21.4 Å². The zero-order valence-corrected chi connectivity index (χ0v) is 14.4. The molecular weight excluding hydrogens is 315 g/mol. The highest BCUT2D eigenvalue weighted by molar-refractivity contribution is 7.89. The van der Waals surface area contributed by atoms with Crippen LogP contribution in [0.15, 0.2) is 23.1 Å². The summed E-state index contributed by atoms with van der Waals surface area (Å²) in [6.07, 6.45) is 0.580. The van der Waals surface area contributed by atoms with Gasteiger partial charge in [-0.25, -0.2) is 17.5 Å². The van der Waals surface area contributed by atoms with Gasteiger partial charge in [0, 0.05) is 12.1 Å². The largest absolute Gasteiger partial charge is 0.329 e. The lowest BCUT2D eigenvalue weighted by Gasteiger charge is -2.30. The number of benzene rings is 1. The molecule has 0 saturated carbocycles. The maximum absolute atomic E-state index is 13.8. The number of rotatable bonds is 6.